The summed E-state index contributed by atoms with van der Waals surface area (Å²) in [5.41, 5.74) is 0.255. The van der Waals surface area contributed by atoms with E-state index in [0.29, 0.717) is 12.4 Å². The number of amides is 1. The van der Waals surface area contributed by atoms with Crippen LogP contribution in [0.2, 0.25) is 0 Å². The van der Waals surface area contributed by atoms with Crippen molar-refractivity contribution in [3.8, 4) is 5.75 Å². The predicted molar refractivity (Wildman–Crippen MR) is 103 cm³/mol. The number of aryl methyl sites for hydroxylation is 1. The quantitative estimate of drug-likeness (QED) is 0.718. The molecule has 1 aliphatic rings. The molecule has 3 aromatic rings. The number of carbonyl (C=O) groups excluding carboxylic acids is 1. The lowest BCUT2D eigenvalue weighted by Gasteiger charge is -2.32. The van der Waals surface area contributed by atoms with Crippen molar-refractivity contribution in [3.05, 3.63) is 57.9 Å². The highest BCUT2D eigenvalue weighted by atomic mass is 16.5. The van der Waals surface area contributed by atoms with Crippen LogP contribution in [0.3, 0.4) is 0 Å². The first kappa shape index (κ1) is 18.2. The third-order valence-electron chi connectivity index (χ3n) is 5.13. The molecular formula is C20H22N4O4. The van der Waals surface area contributed by atoms with E-state index in [1.54, 1.807) is 13.8 Å². The predicted octanol–water partition coefficient (Wildman–Crippen LogP) is 1.64. The number of fused-ring (bicyclic) bond motifs is 2. The monoisotopic (exact) mass is 382 g/mol. The van der Waals surface area contributed by atoms with Gasteiger partial charge in [-0.15, -0.1) is 0 Å². The molecule has 0 fully saturated rings. The highest BCUT2D eigenvalue weighted by molar-refractivity contribution is 5.95. The second kappa shape index (κ2) is 6.49. The minimum atomic E-state index is -0.824. The van der Waals surface area contributed by atoms with Crippen LogP contribution in [0.1, 0.15) is 35.7 Å². The van der Waals surface area contributed by atoms with Crippen LogP contribution in [-0.4, -0.2) is 31.7 Å². The second-order valence-corrected chi connectivity index (χ2v) is 7.41. The summed E-state index contributed by atoms with van der Waals surface area (Å²) >= 11 is 0. The van der Waals surface area contributed by atoms with E-state index in [2.05, 4.69) is 10.3 Å². The number of hydrogen-bond acceptors (Lipinski definition) is 5. The largest absolute Gasteiger partial charge is 0.501 e. The zero-order valence-electron chi connectivity index (χ0n) is 16.0. The Hall–Kier alpha value is -3.13. The van der Waals surface area contributed by atoms with Crippen molar-refractivity contribution >= 4 is 16.8 Å². The molecule has 1 amide bonds. The molecule has 0 aliphatic carbocycles. The molecule has 1 aromatic carbocycles. The molecule has 4 rings (SSSR count). The fraction of sp³-hybridized carbons (Fsp3) is 0.350. The van der Waals surface area contributed by atoms with Gasteiger partial charge in [0, 0.05) is 30.7 Å². The molecule has 0 spiro atoms. The van der Waals surface area contributed by atoms with Crippen LogP contribution in [0.4, 0.5) is 0 Å². The zero-order valence-corrected chi connectivity index (χ0v) is 16.0. The molecule has 0 unspecified atom stereocenters. The van der Waals surface area contributed by atoms with Gasteiger partial charge < -0.3 is 19.7 Å². The summed E-state index contributed by atoms with van der Waals surface area (Å²) in [6.45, 7) is 4.43. The summed E-state index contributed by atoms with van der Waals surface area (Å²) in [7, 11) is 1.96. The Balaban J connectivity index is 1.65. The van der Waals surface area contributed by atoms with Gasteiger partial charge in [0.1, 0.15) is 11.4 Å². The molecule has 28 heavy (non-hydrogen) atoms. The number of nitrogens with one attached hydrogen (secondary N) is 1. The van der Waals surface area contributed by atoms with Crippen LogP contribution in [-0.2, 0) is 30.5 Å². The van der Waals surface area contributed by atoms with Gasteiger partial charge in [-0.1, -0.05) is 12.1 Å². The average Bonchev–Trinajstić information content (AvgIpc) is 3.04. The van der Waals surface area contributed by atoms with E-state index in [0.717, 1.165) is 16.5 Å². The fourth-order valence-electron chi connectivity index (χ4n) is 3.61. The van der Waals surface area contributed by atoms with Gasteiger partial charge in [0.15, 0.2) is 5.69 Å². The lowest BCUT2D eigenvalue weighted by Crippen LogP contribution is -2.42. The van der Waals surface area contributed by atoms with Gasteiger partial charge in [0.2, 0.25) is 5.75 Å². The van der Waals surface area contributed by atoms with Gasteiger partial charge in [-0.2, -0.15) is 0 Å². The van der Waals surface area contributed by atoms with E-state index in [1.165, 1.54) is 4.57 Å². The smallest absolute Gasteiger partial charge is 0.296 e. The second-order valence-electron chi connectivity index (χ2n) is 7.41. The number of nitrogens with zero attached hydrogens (tertiary/aromatic N) is 3. The highest BCUT2D eigenvalue weighted by Crippen LogP contribution is 2.27. The van der Waals surface area contributed by atoms with E-state index < -0.39 is 22.8 Å². The Morgan fingerprint density at radius 1 is 1.36 bits per heavy atom. The van der Waals surface area contributed by atoms with E-state index in [1.807, 2.05) is 42.1 Å². The maximum absolute atomic E-state index is 12.7. The molecule has 3 heterocycles. The number of hydrogen-bond donors (Lipinski definition) is 2. The SMILES string of the molecule is Cn1ccc2c(CNC(=O)c3nc4n(c(=O)c3O)CCOC4(C)C)cccc21. The van der Waals surface area contributed by atoms with Gasteiger partial charge in [-0.3, -0.25) is 14.2 Å². The third kappa shape index (κ3) is 2.86. The van der Waals surface area contributed by atoms with Crippen molar-refractivity contribution in [1.29, 1.82) is 0 Å². The van der Waals surface area contributed by atoms with Gasteiger partial charge >= 0.3 is 0 Å². The summed E-state index contributed by atoms with van der Waals surface area (Å²) in [5, 5.41) is 14.1. The minimum absolute atomic E-state index is 0.250. The Morgan fingerprint density at radius 3 is 2.93 bits per heavy atom. The molecule has 0 saturated carbocycles. The molecule has 8 heteroatoms. The van der Waals surface area contributed by atoms with E-state index in [-0.39, 0.29) is 18.8 Å². The summed E-state index contributed by atoms with van der Waals surface area (Å²) < 4.78 is 9.03. The van der Waals surface area contributed by atoms with Gasteiger partial charge in [-0.05, 0) is 31.5 Å². The topological polar surface area (TPSA) is 98.4 Å². The van der Waals surface area contributed by atoms with Crippen molar-refractivity contribution in [2.45, 2.75) is 32.5 Å². The number of carbonyl (C=O) groups is 1. The number of ether oxygens (including phenoxy) is 1. The summed E-state index contributed by atoms with van der Waals surface area (Å²) in [6, 6.07) is 7.83. The molecule has 0 atom stereocenters. The molecule has 0 saturated heterocycles. The van der Waals surface area contributed by atoms with Crippen molar-refractivity contribution in [1.82, 2.24) is 19.4 Å². The van der Waals surface area contributed by atoms with Crippen LogP contribution in [0.25, 0.3) is 10.9 Å². The van der Waals surface area contributed by atoms with Crippen LogP contribution in [0.5, 0.6) is 5.75 Å². The number of aromatic hydroxyl groups is 1. The van der Waals surface area contributed by atoms with Crippen molar-refractivity contribution in [2.24, 2.45) is 7.05 Å². The van der Waals surface area contributed by atoms with Gasteiger partial charge in [-0.25, -0.2) is 4.98 Å². The Morgan fingerprint density at radius 2 is 2.14 bits per heavy atom. The van der Waals surface area contributed by atoms with Gasteiger partial charge in [0.05, 0.1) is 13.2 Å². The molecule has 0 radical (unpaired) electrons. The first-order chi connectivity index (χ1) is 13.3. The first-order valence-electron chi connectivity index (χ1n) is 9.09. The highest BCUT2D eigenvalue weighted by Gasteiger charge is 2.34. The normalized spacial score (nSPS) is 15.4. The van der Waals surface area contributed by atoms with Crippen LogP contribution in [0, 0.1) is 0 Å². The molecule has 8 nitrogen and oxygen atoms in total. The molecular weight excluding hydrogens is 360 g/mol. The molecule has 2 aromatic heterocycles. The molecule has 0 bridgehead atoms. The lowest BCUT2D eigenvalue weighted by atomic mass is 10.1. The van der Waals surface area contributed by atoms with E-state index >= 15 is 0 Å². The standard InChI is InChI=1S/C20H22N4O4/c1-20(2)19-22-15(16(25)18(27)24(19)9-10-28-20)17(26)21-11-12-5-4-6-14-13(12)7-8-23(14)3/h4-8,25H,9-11H2,1-3H3,(H,21,26). The van der Waals surface area contributed by atoms with Crippen molar-refractivity contribution in [2.75, 3.05) is 6.61 Å². The number of benzene rings is 1. The maximum Gasteiger partial charge on any atom is 0.296 e. The summed E-state index contributed by atoms with van der Waals surface area (Å²) in [5.74, 6) is -0.916. The maximum atomic E-state index is 12.7. The number of rotatable bonds is 3. The Labute approximate surface area is 161 Å². The Bertz CT molecular complexity index is 1140. The van der Waals surface area contributed by atoms with Crippen LogP contribution in [0.15, 0.2) is 35.3 Å². The van der Waals surface area contributed by atoms with E-state index in [9.17, 15) is 14.7 Å². The Kier molecular flexibility index (Phi) is 4.23. The minimum Gasteiger partial charge on any atom is -0.501 e. The third-order valence-corrected chi connectivity index (χ3v) is 5.13. The average molecular weight is 382 g/mol. The van der Waals surface area contributed by atoms with Crippen molar-refractivity contribution < 1.29 is 14.6 Å². The van der Waals surface area contributed by atoms with Crippen LogP contribution < -0.4 is 10.9 Å². The number of aromatic nitrogens is 3. The van der Waals surface area contributed by atoms with Crippen molar-refractivity contribution in [3.63, 3.8) is 0 Å². The first-order valence-corrected chi connectivity index (χ1v) is 9.09. The fourth-order valence-corrected chi connectivity index (χ4v) is 3.61. The molecule has 146 valence electrons. The van der Waals surface area contributed by atoms with Crippen LogP contribution >= 0.6 is 0 Å². The lowest BCUT2D eigenvalue weighted by molar-refractivity contribution is -0.0566. The molecule has 1 aliphatic heterocycles. The van der Waals surface area contributed by atoms with Gasteiger partial charge in [0.25, 0.3) is 11.5 Å². The summed E-state index contributed by atoms with van der Waals surface area (Å²) in [4.78, 5) is 29.5. The summed E-state index contributed by atoms with van der Waals surface area (Å²) in [6.07, 6.45) is 1.95. The van der Waals surface area contributed by atoms with E-state index in [4.69, 9.17) is 4.74 Å². The zero-order chi connectivity index (χ0) is 20.1. The molecule has 2 N–H and O–H groups in total.